The van der Waals surface area contributed by atoms with Gasteiger partial charge in [0.2, 0.25) is 0 Å². The molecule has 1 aromatic heterocycles. The summed E-state index contributed by atoms with van der Waals surface area (Å²) in [7, 11) is 1.16. The molecule has 0 radical (unpaired) electrons. The summed E-state index contributed by atoms with van der Waals surface area (Å²) in [6.07, 6.45) is -0.187. The summed E-state index contributed by atoms with van der Waals surface area (Å²) in [5.74, 6) is -3.75. The number of hydrogen-bond donors (Lipinski definition) is 1. The minimum absolute atomic E-state index is 0.0664. The molecule has 2 atom stereocenters. The molecule has 0 bridgehead atoms. The maximum atomic E-state index is 12.7. The van der Waals surface area contributed by atoms with Gasteiger partial charge in [-0.15, -0.1) is 0 Å². The van der Waals surface area contributed by atoms with E-state index in [1.165, 1.54) is 6.07 Å². The van der Waals surface area contributed by atoms with Crippen molar-refractivity contribution in [3.8, 4) is 5.75 Å². The molecule has 2 heterocycles. The fourth-order valence-electron chi connectivity index (χ4n) is 3.42. The molecular weight excluding hydrogens is 372 g/mol. The van der Waals surface area contributed by atoms with Crippen molar-refractivity contribution >= 4 is 28.5 Å². The SMILES string of the molecule is COC(=O)[C@]1(O)C[C@H](c2ccccc2)c2c(c3cc(Cl)ccc3oc2=O)O1. The van der Waals surface area contributed by atoms with Crippen LogP contribution in [-0.2, 0) is 9.53 Å². The van der Waals surface area contributed by atoms with Crippen LogP contribution in [0.2, 0.25) is 5.02 Å². The van der Waals surface area contributed by atoms with Crippen LogP contribution in [0, 0.1) is 0 Å². The van der Waals surface area contributed by atoms with Crippen LogP contribution in [0.4, 0.5) is 0 Å². The number of esters is 1. The Bertz CT molecular complexity index is 1090. The van der Waals surface area contributed by atoms with E-state index < -0.39 is 23.3 Å². The molecule has 0 fully saturated rings. The minimum Gasteiger partial charge on any atom is -0.464 e. The van der Waals surface area contributed by atoms with Crippen LogP contribution in [0.15, 0.2) is 57.7 Å². The number of benzene rings is 2. The smallest absolute Gasteiger partial charge is 0.379 e. The molecule has 6 nitrogen and oxygen atoms in total. The number of rotatable bonds is 2. The van der Waals surface area contributed by atoms with Crippen LogP contribution >= 0.6 is 11.6 Å². The standard InChI is InChI=1S/C20H15ClO6/c1-25-19(23)20(24)10-14(11-5-3-2-4-6-11)16-17(27-20)13-9-12(21)7-8-15(13)26-18(16)22/h2-9,14,24H,10H2,1H3/t14-,20+/m1/s1. The van der Waals surface area contributed by atoms with Gasteiger partial charge in [-0.25, -0.2) is 9.59 Å². The predicted octanol–water partition coefficient (Wildman–Crippen LogP) is 3.22. The summed E-state index contributed by atoms with van der Waals surface area (Å²) in [5.41, 5.74) is 0.604. The largest absolute Gasteiger partial charge is 0.464 e. The zero-order chi connectivity index (χ0) is 19.2. The van der Waals surface area contributed by atoms with Gasteiger partial charge in [0.15, 0.2) is 0 Å². The Morgan fingerprint density at radius 1 is 1.26 bits per heavy atom. The number of fused-ring (bicyclic) bond motifs is 3. The summed E-state index contributed by atoms with van der Waals surface area (Å²) in [5, 5.41) is 11.7. The highest BCUT2D eigenvalue weighted by Gasteiger charge is 2.49. The monoisotopic (exact) mass is 386 g/mol. The van der Waals surface area contributed by atoms with E-state index in [9.17, 15) is 14.7 Å². The number of ether oxygens (including phenoxy) is 2. The zero-order valence-corrected chi connectivity index (χ0v) is 15.0. The fraction of sp³-hybridized carbons (Fsp3) is 0.200. The third-order valence-electron chi connectivity index (χ3n) is 4.66. The third-order valence-corrected chi connectivity index (χ3v) is 4.89. The summed E-state index contributed by atoms with van der Waals surface area (Å²) < 4.78 is 15.8. The first kappa shape index (κ1) is 17.6. The Hall–Kier alpha value is -2.83. The number of hydrogen-bond acceptors (Lipinski definition) is 6. The number of methoxy groups -OCH3 is 1. The lowest BCUT2D eigenvalue weighted by Crippen LogP contribution is -2.50. The molecular formula is C20H15ClO6. The van der Waals surface area contributed by atoms with Gasteiger partial charge in [0, 0.05) is 17.4 Å². The Kier molecular flexibility index (Phi) is 4.17. The molecule has 3 aromatic rings. The highest BCUT2D eigenvalue weighted by Crippen LogP contribution is 2.45. The molecule has 0 spiro atoms. The molecule has 4 rings (SSSR count). The van der Waals surface area contributed by atoms with Crippen molar-refractivity contribution in [2.75, 3.05) is 7.11 Å². The molecule has 0 aliphatic carbocycles. The minimum atomic E-state index is -2.24. The molecule has 1 aliphatic rings. The van der Waals surface area contributed by atoms with E-state index in [2.05, 4.69) is 0 Å². The first-order valence-corrected chi connectivity index (χ1v) is 8.62. The lowest BCUT2D eigenvalue weighted by atomic mass is 9.83. The van der Waals surface area contributed by atoms with Crippen LogP contribution in [0.25, 0.3) is 11.0 Å². The van der Waals surface area contributed by atoms with Crippen molar-refractivity contribution in [3.05, 3.63) is 75.1 Å². The topological polar surface area (TPSA) is 86.0 Å². The number of halogens is 1. The average molecular weight is 387 g/mol. The van der Waals surface area contributed by atoms with Crippen molar-refractivity contribution in [2.24, 2.45) is 0 Å². The molecule has 0 unspecified atom stereocenters. The van der Waals surface area contributed by atoms with E-state index in [0.717, 1.165) is 12.7 Å². The number of carbonyl (C=O) groups is 1. The van der Waals surface area contributed by atoms with Gasteiger partial charge in [0.25, 0.3) is 0 Å². The van der Waals surface area contributed by atoms with E-state index in [0.29, 0.717) is 10.4 Å². The normalized spacial score (nSPS) is 21.4. The summed E-state index contributed by atoms with van der Waals surface area (Å²) in [6.45, 7) is 0. The van der Waals surface area contributed by atoms with E-state index in [1.807, 2.05) is 6.07 Å². The van der Waals surface area contributed by atoms with Crippen LogP contribution in [0.5, 0.6) is 5.75 Å². The van der Waals surface area contributed by atoms with Crippen LogP contribution in [0.3, 0.4) is 0 Å². The summed E-state index contributed by atoms with van der Waals surface area (Å²) >= 11 is 6.09. The van der Waals surface area contributed by atoms with Gasteiger partial charge < -0.3 is 19.0 Å². The molecule has 2 aromatic carbocycles. The molecule has 1 N–H and O–H groups in total. The molecule has 0 amide bonds. The number of carbonyl (C=O) groups excluding carboxylic acids is 1. The first-order chi connectivity index (χ1) is 12.9. The van der Waals surface area contributed by atoms with Crippen molar-refractivity contribution in [2.45, 2.75) is 18.1 Å². The van der Waals surface area contributed by atoms with E-state index in [-0.39, 0.29) is 23.3 Å². The quantitative estimate of drug-likeness (QED) is 0.537. The van der Waals surface area contributed by atoms with Gasteiger partial charge >= 0.3 is 17.4 Å². The van der Waals surface area contributed by atoms with E-state index >= 15 is 0 Å². The highest BCUT2D eigenvalue weighted by atomic mass is 35.5. The lowest BCUT2D eigenvalue weighted by molar-refractivity contribution is -0.202. The third kappa shape index (κ3) is 2.87. The van der Waals surface area contributed by atoms with Crippen molar-refractivity contribution in [3.63, 3.8) is 0 Å². The Morgan fingerprint density at radius 3 is 2.70 bits per heavy atom. The summed E-state index contributed by atoms with van der Waals surface area (Å²) in [6, 6.07) is 13.7. The molecule has 138 valence electrons. The van der Waals surface area contributed by atoms with Crippen LogP contribution in [-0.4, -0.2) is 24.0 Å². The Balaban J connectivity index is 2.04. The molecule has 0 saturated carbocycles. The Morgan fingerprint density at radius 2 is 2.00 bits per heavy atom. The van der Waals surface area contributed by atoms with Gasteiger partial charge in [-0.05, 0) is 23.8 Å². The average Bonchev–Trinajstić information content (AvgIpc) is 2.68. The van der Waals surface area contributed by atoms with Gasteiger partial charge in [-0.2, -0.15) is 0 Å². The van der Waals surface area contributed by atoms with E-state index in [4.69, 9.17) is 25.5 Å². The lowest BCUT2D eigenvalue weighted by Gasteiger charge is -2.36. The highest BCUT2D eigenvalue weighted by molar-refractivity contribution is 6.31. The maximum absolute atomic E-state index is 12.7. The van der Waals surface area contributed by atoms with Gasteiger partial charge in [-0.3, -0.25) is 0 Å². The van der Waals surface area contributed by atoms with Crippen molar-refractivity contribution in [1.82, 2.24) is 0 Å². The second-order valence-electron chi connectivity index (χ2n) is 6.32. The fourth-order valence-corrected chi connectivity index (χ4v) is 3.59. The predicted molar refractivity (Wildman–Crippen MR) is 98.0 cm³/mol. The second-order valence-corrected chi connectivity index (χ2v) is 6.75. The van der Waals surface area contributed by atoms with E-state index in [1.54, 1.807) is 36.4 Å². The molecule has 0 saturated heterocycles. The van der Waals surface area contributed by atoms with Crippen LogP contribution < -0.4 is 10.4 Å². The van der Waals surface area contributed by atoms with Gasteiger partial charge in [0.1, 0.15) is 11.3 Å². The molecule has 27 heavy (non-hydrogen) atoms. The molecule has 7 heteroatoms. The second kappa shape index (κ2) is 6.40. The summed E-state index contributed by atoms with van der Waals surface area (Å²) in [4.78, 5) is 25.0. The first-order valence-electron chi connectivity index (χ1n) is 8.24. The van der Waals surface area contributed by atoms with Gasteiger partial charge in [0.05, 0.1) is 18.1 Å². The Labute approximate surface area is 158 Å². The van der Waals surface area contributed by atoms with Crippen molar-refractivity contribution < 1.29 is 23.8 Å². The van der Waals surface area contributed by atoms with Crippen molar-refractivity contribution in [1.29, 1.82) is 0 Å². The van der Waals surface area contributed by atoms with Crippen LogP contribution in [0.1, 0.15) is 23.5 Å². The number of aliphatic hydroxyl groups is 1. The maximum Gasteiger partial charge on any atom is 0.379 e. The molecule has 1 aliphatic heterocycles. The zero-order valence-electron chi connectivity index (χ0n) is 14.3. The van der Waals surface area contributed by atoms with Gasteiger partial charge in [-0.1, -0.05) is 41.9 Å².